The number of hydrogen-bond acceptors (Lipinski definition) is 6. The van der Waals surface area contributed by atoms with Crippen molar-refractivity contribution in [1.29, 1.82) is 0 Å². The molecular weight excluding hydrogens is 406 g/mol. The van der Waals surface area contributed by atoms with E-state index in [0.29, 0.717) is 18.4 Å². The van der Waals surface area contributed by atoms with Crippen LogP contribution in [0.5, 0.6) is 5.75 Å². The number of para-hydroxylation sites is 1. The van der Waals surface area contributed by atoms with Crippen molar-refractivity contribution >= 4 is 34.5 Å². The first-order chi connectivity index (χ1) is 15.5. The first-order valence-electron chi connectivity index (χ1n) is 10.7. The summed E-state index contributed by atoms with van der Waals surface area (Å²) in [5, 5.41) is 0.737. The van der Waals surface area contributed by atoms with Crippen LogP contribution >= 0.6 is 0 Å². The highest BCUT2D eigenvalue weighted by atomic mass is 16.6. The van der Waals surface area contributed by atoms with Crippen LogP contribution in [0.4, 0.5) is 0 Å². The summed E-state index contributed by atoms with van der Waals surface area (Å²) in [5.41, 5.74) is 5.01. The van der Waals surface area contributed by atoms with Crippen molar-refractivity contribution in [2.45, 2.75) is 38.4 Å². The Kier molecular flexibility index (Phi) is 5.13. The number of hydrogen-bond donors (Lipinski definition) is 0. The fraction of sp³-hybridized carbons (Fsp3) is 0.269. The number of aromatic nitrogens is 1. The maximum absolute atomic E-state index is 13.3. The number of esters is 2. The summed E-state index contributed by atoms with van der Waals surface area (Å²) in [5.74, 6) is -0.185. The monoisotopic (exact) mass is 429 g/mol. The number of nitrogens with zero attached hydrogens (tertiary/aromatic N) is 1. The summed E-state index contributed by atoms with van der Waals surface area (Å²) in [6, 6.07) is 15.4. The standard InChI is InChI=1S/C26H23NO5/c1-15-13-22(25(28)31-15)32-26(29)23-19-5-3-4-6-21(19)27-24-17(9-12-20(23)24)14-16-7-10-18(30-2)11-8-16/h3-8,10-11,14-15,22H,9,12-13H2,1-2H3/b17-14+. The molecule has 6 nitrogen and oxygen atoms in total. The average molecular weight is 429 g/mol. The van der Waals surface area contributed by atoms with Gasteiger partial charge in [0.25, 0.3) is 0 Å². The zero-order valence-corrected chi connectivity index (χ0v) is 18.0. The molecule has 1 aromatic heterocycles. The lowest BCUT2D eigenvalue weighted by atomic mass is 10.0. The topological polar surface area (TPSA) is 74.7 Å². The number of rotatable bonds is 4. The molecule has 0 N–H and O–H groups in total. The molecule has 5 rings (SSSR count). The predicted octanol–water partition coefficient (Wildman–Crippen LogP) is 4.59. The van der Waals surface area contributed by atoms with E-state index in [-0.39, 0.29) is 6.10 Å². The maximum Gasteiger partial charge on any atom is 0.347 e. The summed E-state index contributed by atoms with van der Waals surface area (Å²) in [6.45, 7) is 1.79. The second-order valence-electron chi connectivity index (χ2n) is 8.15. The van der Waals surface area contributed by atoms with Crippen LogP contribution in [0.15, 0.2) is 48.5 Å². The van der Waals surface area contributed by atoms with Gasteiger partial charge in [0.15, 0.2) is 0 Å². The molecule has 162 valence electrons. The highest BCUT2D eigenvalue weighted by molar-refractivity contribution is 6.07. The van der Waals surface area contributed by atoms with E-state index in [2.05, 4.69) is 6.08 Å². The van der Waals surface area contributed by atoms with Gasteiger partial charge in [0, 0.05) is 11.8 Å². The molecule has 0 amide bonds. The van der Waals surface area contributed by atoms with Gasteiger partial charge in [-0.3, -0.25) is 0 Å². The Hall–Kier alpha value is -3.67. The van der Waals surface area contributed by atoms with Crippen LogP contribution < -0.4 is 4.74 Å². The van der Waals surface area contributed by atoms with Crippen molar-refractivity contribution in [3.05, 3.63) is 70.9 Å². The van der Waals surface area contributed by atoms with Gasteiger partial charge in [0.05, 0.1) is 23.9 Å². The third-order valence-corrected chi connectivity index (χ3v) is 5.98. The number of fused-ring (bicyclic) bond motifs is 2. The normalized spacial score (nSPS) is 20.9. The van der Waals surface area contributed by atoms with Crippen molar-refractivity contribution < 1.29 is 23.8 Å². The number of carbonyl (C=O) groups is 2. The Bertz CT molecular complexity index is 1250. The highest BCUT2D eigenvalue weighted by Crippen LogP contribution is 2.38. The Morgan fingerprint density at radius 1 is 1.12 bits per heavy atom. The summed E-state index contributed by atoms with van der Waals surface area (Å²) in [6.07, 6.45) is 2.81. The zero-order chi connectivity index (χ0) is 22.2. The lowest BCUT2D eigenvalue weighted by molar-refractivity contribution is -0.147. The van der Waals surface area contributed by atoms with Gasteiger partial charge in [-0.2, -0.15) is 0 Å². The van der Waals surface area contributed by atoms with Crippen molar-refractivity contribution in [2.75, 3.05) is 7.11 Å². The molecule has 1 aliphatic carbocycles. The van der Waals surface area contributed by atoms with Gasteiger partial charge in [-0.1, -0.05) is 30.3 Å². The Morgan fingerprint density at radius 3 is 2.62 bits per heavy atom. The van der Waals surface area contributed by atoms with Gasteiger partial charge in [-0.25, -0.2) is 14.6 Å². The van der Waals surface area contributed by atoms with E-state index in [4.69, 9.17) is 19.2 Å². The smallest absolute Gasteiger partial charge is 0.347 e. The van der Waals surface area contributed by atoms with Crippen LogP contribution in [0, 0.1) is 0 Å². The second-order valence-corrected chi connectivity index (χ2v) is 8.15. The number of cyclic esters (lactones) is 1. The van der Waals surface area contributed by atoms with Gasteiger partial charge in [-0.15, -0.1) is 0 Å². The number of methoxy groups -OCH3 is 1. The van der Waals surface area contributed by atoms with Crippen molar-refractivity contribution in [1.82, 2.24) is 4.98 Å². The largest absolute Gasteiger partial charge is 0.497 e. The van der Waals surface area contributed by atoms with Crippen LogP contribution in [0.1, 0.15) is 46.9 Å². The third-order valence-electron chi connectivity index (χ3n) is 5.98. The summed E-state index contributed by atoms with van der Waals surface area (Å²) < 4.78 is 16.0. The summed E-state index contributed by atoms with van der Waals surface area (Å²) in [7, 11) is 1.64. The highest BCUT2D eigenvalue weighted by Gasteiger charge is 2.37. The van der Waals surface area contributed by atoms with Crippen LogP contribution in [-0.4, -0.2) is 36.2 Å². The van der Waals surface area contributed by atoms with E-state index in [1.807, 2.05) is 48.5 Å². The molecule has 0 bridgehead atoms. The van der Waals surface area contributed by atoms with Gasteiger partial charge in [0.2, 0.25) is 6.10 Å². The van der Waals surface area contributed by atoms with E-state index in [1.54, 1.807) is 14.0 Å². The first-order valence-corrected chi connectivity index (χ1v) is 10.7. The Morgan fingerprint density at radius 2 is 1.91 bits per heavy atom. The number of allylic oxidation sites excluding steroid dienone is 1. The van der Waals surface area contributed by atoms with E-state index < -0.39 is 18.0 Å². The number of carbonyl (C=O) groups excluding carboxylic acids is 2. The fourth-order valence-corrected chi connectivity index (χ4v) is 4.42. The first kappa shape index (κ1) is 20.2. The molecule has 1 saturated heterocycles. The molecule has 0 spiro atoms. The molecule has 2 atom stereocenters. The molecule has 32 heavy (non-hydrogen) atoms. The van der Waals surface area contributed by atoms with Gasteiger partial charge in [-0.05, 0) is 60.7 Å². The molecule has 0 saturated carbocycles. The predicted molar refractivity (Wildman–Crippen MR) is 120 cm³/mol. The van der Waals surface area contributed by atoms with E-state index in [9.17, 15) is 9.59 Å². The van der Waals surface area contributed by atoms with Crippen LogP contribution in [0.3, 0.4) is 0 Å². The lowest BCUT2D eigenvalue weighted by Gasteiger charge is -2.14. The molecular formula is C26H23NO5. The minimum Gasteiger partial charge on any atom is -0.497 e. The van der Waals surface area contributed by atoms with Gasteiger partial charge in [0.1, 0.15) is 11.9 Å². The van der Waals surface area contributed by atoms with Gasteiger partial charge < -0.3 is 14.2 Å². The average Bonchev–Trinajstić information content (AvgIpc) is 3.34. The van der Waals surface area contributed by atoms with E-state index in [0.717, 1.165) is 45.5 Å². The minimum absolute atomic E-state index is 0.251. The number of benzene rings is 2. The zero-order valence-electron chi connectivity index (χ0n) is 18.0. The molecule has 2 heterocycles. The molecule has 2 aromatic carbocycles. The number of ether oxygens (including phenoxy) is 3. The van der Waals surface area contributed by atoms with Crippen LogP contribution in [-0.2, 0) is 20.7 Å². The lowest BCUT2D eigenvalue weighted by Crippen LogP contribution is -2.23. The Labute approximate surface area is 185 Å². The van der Waals surface area contributed by atoms with Gasteiger partial charge >= 0.3 is 11.9 Å². The molecule has 3 aromatic rings. The van der Waals surface area contributed by atoms with Crippen LogP contribution in [0.25, 0.3) is 22.6 Å². The molecule has 1 fully saturated rings. The van der Waals surface area contributed by atoms with E-state index in [1.165, 1.54) is 0 Å². The van der Waals surface area contributed by atoms with E-state index >= 15 is 0 Å². The minimum atomic E-state index is -0.865. The van der Waals surface area contributed by atoms with Crippen LogP contribution in [0.2, 0.25) is 0 Å². The Balaban J connectivity index is 1.56. The number of pyridine rings is 1. The molecule has 6 heteroatoms. The molecule has 1 aliphatic heterocycles. The summed E-state index contributed by atoms with van der Waals surface area (Å²) >= 11 is 0. The van der Waals surface area contributed by atoms with Crippen molar-refractivity contribution in [2.24, 2.45) is 0 Å². The fourth-order valence-electron chi connectivity index (χ4n) is 4.42. The molecule has 2 unspecified atom stereocenters. The van der Waals surface area contributed by atoms with Crippen molar-refractivity contribution in [3.63, 3.8) is 0 Å². The van der Waals surface area contributed by atoms with Crippen molar-refractivity contribution in [3.8, 4) is 5.75 Å². The summed E-state index contributed by atoms with van der Waals surface area (Å²) in [4.78, 5) is 30.2. The molecule has 2 aliphatic rings. The second kappa shape index (κ2) is 8.11. The third kappa shape index (κ3) is 3.62. The quantitative estimate of drug-likeness (QED) is 0.565. The SMILES string of the molecule is COc1ccc(/C=C2\CCc3c2nc2ccccc2c3C(=O)OC2CC(C)OC2=O)cc1. The maximum atomic E-state index is 13.3. The molecule has 0 radical (unpaired) electrons.